The van der Waals surface area contributed by atoms with Crippen molar-refractivity contribution in [3.05, 3.63) is 48.0 Å². The van der Waals surface area contributed by atoms with E-state index in [9.17, 15) is 38.4 Å². The number of carbonyl (C=O) groups is 8. The van der Waals surface area contributed by atoms with Crippen molar-refractivity contribution in [2.24, 2.45) is 0 Å². The molecule has 7 amide bonds. The van der Waals surface area contributed by atoms with Gasteiger partial charge in [-0.25, -0.2) is 0 Å². The van der Waals surface area contributed by atoms with Gasteiger partial charge in [0.05, 0.1) is 39.3 Å². The first-order chi connectivity index (χ1) is 21.4. The third kappa shape index (κ3) is 17.6. The predicted octanol–water partition coefficient (Wildman–Crippen LogP) is -3.45. The molecule has 0 bridgehead atoms. The van der Waals surface area contributed by atoms with Crippen molar-refractivity contribution < 1.29 is 38.4 Å². The largest absolute Gasteiger partial charge is 0.348 e. The SMILES string of the molecule is C=C(C)CCC(NC(=O)CNC(=O)CNC)C(=O)NCC(=O)NCC(=O)NC(Cc1ccccc1)C(=O)NCC(=O)NCC=O. The Morgan fingerprint density at radius 2 is 1.18 bits per heavy atom. The molecule has 0 fully saturated rings. The average molecular weight is 631 g/mol. The Hall–Kier alpha value is -5.12. The van der Waals surface area contributed by atoms with Crippen LogP contribution in [-0.2, 0) is 44.8 Å². The van der Waals surface area contributed by atoms with E-state index in [1.165, 1.54) is 0 Å². The van der Waals surface area contributed by atoms with Crippen molar-refractivity contribution in [1.82, 2.24) is 42.5 Å². The molecule has 2 atom stereocenters. The van der Waals surface area contributed by atoms with Gasteiger partial charge in [-0.3, -0.25) is 33.6 Å². The third-order valence-corrected chi connectivity index (χ3v) is 5.90. The molecule has 0 saturated heterocycles. The molecule has 0 aliphatic heterocycles. The van der Waals surface area contributed by atoms with Crippen LogP contribution < -0.4 is 42.5 Å². The number of nitrogens with one attached hydrogen (secondary N) is 8. The van der Waals surface area contributed by atoms with E-state index in [4.69, 9.17) is 0 Å². The zero-order chi connectivity index (χ0) is 33.6. The van der Waals surface area contributed by atoms with Gasteiger partial charge < -0.3 is 47.3 Å². The number of hydrogen-bond acceptors (Lipinski definition) is 9. The van der Waals surface area contributed by atoms with Gasteiger partial charge in [0.2, 0.25) is 41.4 Å². The first-order valence-electron chi connectivity index (χ1n) is 14.2. The number of likely N-dealkylation sites (N-methyl/N-ethyl adjacent to an activating group) is 1. The maximum Gasteiger partial charge on any atom is 0.243 e. The van der Waals surface area contributed by atoms with Crippen molar-refractivity contribution in [3.8, 4) is 0 Å². The molecule has 2 unspecified atom stereocenters. The minimum Gasteiger partial charge on any atom is -0.348 e. The fraction of sp³-hybridized carbons (Fsp3) is 0.448. The number of aldehydes is 1. The van der Waals surface area contributed by atoms with Gasteiger partial charge in [-0.1, -0.05) is 35.9 Å². The van der Waals surface area contributed by atoms with Crippen LogP contribution >= 0.6 is 0 Å². The topological polar surface area (TPSA) is 233 Å². The second-order valence-corrected chi connectivity index (χ2v) is 9.92. The number of rotatable bonds is 21. The summed E-state index contributed by atoms with van der Waals surface area (Å²) < 4.78 is 0. The molecule has 16 heteroatoms. The summed E-state index contributed by atoms with van der Waals surface area (Å²) in [6, 6.07) is 6.70. The van der Waals surface area contributed by atoms with E-state index in [0.29, 0.717) is 12.7 Å². The minimum absolute atomic E-state index is 0.0169. The van der Waals surface area contributed by atoms with Crippen LogP contribution in [0.2, 0.25) is 0 Å². The zero-order valence-corrected chi connectivity index (χ0v) is 25.5. The van der Waals surface area contributed by atoms with Gasteiger partial charge in [0.25, 0.3) is 0 Å². The van der Waals surface area contributed by atoms with Crippen LogP contribution in [0.4, 0.5) is 0 Å². The van der Waals surface area contributed by atoms with E-state index in [0.717, 1.165) is 11.1 Å². The average Bonchev–Trinajstić information content (AvgIpc) is 3.01. The first kappa shape index (κ1) is 37.9. The lowest BCUT2D eigenvalue weighted by Gasteiger charge is -2.19. The van der Waals surface area contributed by atoms with Gasteiger partial charge in [0.15, 0.2) is 0 Å². The smallest absolute Gasteiger partial charge is 0.243 e. The quantitative estimate of drug-likeness (QED) is 0.0498. The number of hydrogen-bond donors (Lipinski definition) is 8. The summed E-state index contributed by atoms with van der Waals surface area (Å²) in [5, 5.41) is 19.5. The van der Waals surface area contributed by atoms with Crippen LogP contribution in [0.25, 0.3) is 0 Å². The highest BCUT2D eigenvalue weighted by molar-refractivity contribution is 5.94. The molecule has 8 N–H and O–H groups in total. The number of amides is 7. The molecular formula is C29H42N8O8. The molecule has 16 nitrogen and oxygen atoms in total. The second-order valence-electron chi connectivity index (χ2n) is 9.92. The molecule has 1 aromatic carbocycles. The van der Waals surface area contributed by atoms with Crippen LogP contribution in [0.1, 0.15) is 25.3 Å². The molecule has 0 radical (unpaired) electrons. The van der Waals surface area contributed by atoms with Crippen molar-refractivity contribution in [3.63, 3.8) is 0 Å². The van der Waals surface area contributed by atoms with Crippen LogP contribution in [0.15, 0.2) is 42.5 Å². The highest BCUT2D eigenvalue weighted by Crippen LogP contribution is 2.05. The van der Waals surface area contributed by atoms with Crippen LogP contribution in [-0.4, -0.2) is 106 Å². The summed E-state index contributed by atoms with van der Waals surface area (Å²) in [7, 11) is 1.58. The Labute approximate surface area is 261 Å². The first-order valence-corrected chi connectivity index (χ1v) is 14.2. The van der Waals surface area contributed by atoms with Crippen molar-refractivity contribution in [2.75, 3.05) is 46.3 Å². The molecule has 0 aliphatic rings. The molecule has 246 valence electrons. The molecule has 0 saturated carbocycles. The van der Waals surface area contributed by atoms with Gasteiger partial charge in [0.1, 0.15) is 18.4 Å². The third-order valence-electron chi connectivity index (χ3n) is 5.90. The number of benzene rings is 1. The van der Waals surface area contributed by atoms with E-state index >= 15 is 0 Å². The van der Waals surface area contributed by atoms with Gasteiger partial charge in [-0.05, 0) is 32.4 Å². The molecule has 1 aromatic rings. The molecule has 1 rings (SSSR count). The van der Waals surface area contributed by atoms with Crippen molar-refractivity contribution >= 4 is 47.6 Å². The van der Waals surface area contributed by atoms with E-state index in [-0.39, 0.29) is 32.5 Å². The summed E-state index contributed by atoms with van der Waals surface area (Å²) in [6.07, 6.45) is 1.20. The molecule has 0 aliphatic carbocycles. The summed E-state index contributed by atoms with van der Waals surface area (Å²) in [6.45, 7) is 3.56. The monoisotopic (exact) mass is 630 g/mol. The lowest BCUT2D eigenvalue weighted by atomic mass is 10.1. The lowest BCUT2D eigenvalue weighted by Crippen LogP contribution is -2.53. The second kappa shape index (κ2) is 21.6. The molecule has 45 heavy (non-hydrogen) atoms. The Morgan fingerprint density at radius 1 is 0.689 bits per heavy atom. The van der Waals surface area contributed by atoms with Gasteiger partial charge in [-0.15, -0.1) is 6.58 Å². The maximum absolute atomic E-state index is 12.7. The van der Waals surface area contributed by atoms with Crippen LogP contribution in [0, 0.1) is 0 Å². The van der Waals surface area contributed by atoms with E-state index in [1.54, 1.807) is 44.3 Å². The summed E-state index contributed by atoms with van der Waals surface area (Å²) in [5.74, 6) is -4.31. The fourth-order valence-electron chi connectivity index (χ4n) is 3.65. The Bertz CT molecular complexity index is 1210. The minimum atomic E-state index is -1.09. The van der Waals surface area contributed by atoms with Crippen molar-refractivity contribution in [2.45, 2.75) is 38.3 Å². The standard InChI is InChI=1S/C29H42N8O8/c1-19(2)9-10-21(36-26(42)17-32-23(39)14-30-3)28(44)34-16-25(41)33-18-27(43)37-22(13-20-7-5-4-6-8-20)29(45)35-15-24(40)31-11-12-38/h4-8,12,21-22,30H,1,9-11,13-18H2,2-3H3,(H,31,40)(H,32,39)(H,33,41)(H,34,44)(H,35,45)(H,36,42)(H,37,43). The van der Waals surface area contributed by atoms with E-state index < -0.39 is 73.1 Å². The van der Waals surface area contributed by atoms with E-state index in [2.05, 4.69) is 49.1 Å². The summed E-state index contributed by atoms with van der Waals surface area (Å²) >= 11 is 0. The van der Waals surface area contributed by atoms with Gasteiger partial charge in [0, 0.05) is 6.42 Å². The highest BCUT2D eigenvalue weighted by Gasteiger charge is 2.23. The highest BCUT2D eigenvalue weighted by atomic mass is 16.2. The lowest BCUT2D eigenvalue weighted by molar-refractivity contribution is -0.132. The zero-order valence-electron chi connectivity index (χ0n) is 25.5. The van der Waals surface area contributed by atoms with E-state index in [1.807, 2.05) is 0 Å². The Balaban J connectivity index is 2.66. The maximum atomic E-state index is 12.7. The van der Waals surface area contributed by atoms with Crippen LogP contribution in [0.3, 0.4) is 0 Å². The molecule has 0 heterocycles. The van der Waals surface area contributed by atoms with Gasteiger partial charge in [-0.2, -0.15) is 0 Å². The summed E-state index contributed by atoms with van der Waals surface area (Å²) in [5.41, 5.74) is 1.50. The molecule has 0 aromatic heterocycles. The number of carbonyl (C=O) groups excluding carboxylic acids is 8. The van der Waals surface area contributed by atoms with Gasteiger partial charge >= 0.3 is 0 Å². The molecular weight excluding hydrogens is 588 g/mol. The normalized spacial score (nSPS) is 11.5. The molecule has 0 spiro atoms. The summed E-state index contributed by atoms with van der Waals surface area (Å²) in [4.78, 5) is 96.4. The number of allylic oxidation sites excluding steroid dienone is 1. The predicted molar refractivity (Wildman–Crippen MR) is 163 cm³/mol. The van der Waals surface area contributed by atoms with Crippen LogP contribution in [0.5, 0.6) is 0 Å². The Kier molecular flexibility index (Phi) is 18.2. The Morgan fingerprint density at radius 3 is 1.71 bits per heavy atom. The fourth-order valence-corrected chi connectivity index (χ4v) is 3.65. The van der Waals surface area contributed by atoms with Crippen molar-refractivity contribution in [1.29, 1.82) is 0 Å².